The van der Waals surface area contributed by atoms with Crippen LogP contribution in [0.15, 0.2) is 12.1 Å². The van der Waals surface area contributed by atoms with Crippen LogP contribution in [-0.4, -0.2) is 57.2 Å². The number of aromatic hydroxyl groups is 1. The molecule has 1 spiro atoms. The Morgan fingerprint density at radius 3 is 2.81 bits per heavy atom. The van der Waals surface area contributed by atoms with Crippen molar-refractivity contribution in [2.75, 3.05) is 13.1 Å². The molecule has 140 valence electrons. The fraction of sp³-hybridized carbons (Fsp3) is 0.714. The maximum atomic E-state index is 12.1. The number of rotatable bonds is 2. The van der Waals surface area contributed by atoms with Crippen molar-refractivity contribution in [1.29, 1.82) is 0 Å². The average Bonchev–Trinajstić information content (AvgIpc) is 2.93. The Labute approximate surface area is 153 Å². The molecular formula is C21H27NO4. The van der Waals surface area contributed by atoms with E-state index >= 15 is 0 Å². The summed E-state index contributed by atoms with van der Waals surface area (Å²) in [5.74, 6) is 1.42. The number of aliphatic hydroxyl groups excluding tert-OH is 1. The summed E-state index contributed by atoms with van der Waals surface area (Å²) in [7, 11) is 0. The van der Waals surface area contributed by atoms with E-state index in [1.807, 2.05) is 6.07 Å². The molecular weight excluding hydrogens is 330 g/mol. The van der Waals surface area contributed by atoms with E-state index in [1.54, 1.807) is 6.07 Å². The number of hydrogen-bond acceptors (Lipinski definition) is 5. The first-order chi connectivity index (χ1) is 12.5. The molecule has 0 unspecified atom stereocenters. The number of hydrogen-bond donors (Lipinski definition) is 3. The first kappa shape index (κ1) is 15.7. The number of phenols is 1. The molecule has 0 aromatic heterocycles. The van der Waals surface area contributed by atoms with Crippen LogP contribution < -0.4 is 4.74 Å². The van der Waals surface area contributed by atoms with Crippen LogP contribution in [0.1, 0.15) is 49.7 Å². The molecule has 0 radical (unpaired) electrons. The Morgan fingerprint density at radius 1 is 1.19 bits per heavy atom. The minimum Gasteiger partial charge on any atom is -0.504 e. The van der Waals surface area contributed by atoms with Crippen molar-refractivity contribution in [1.82, 2.24) is 4.90 Å². The number of aliphatic hydroxyl groups is 2. The van der Waals surface area contributed by atoms with Gasteiger partial charge in [-0.25, -0.2) is 0 Å². The molecule has 3 N–H and O–H groups in total. The molecule has 5 nitrogen and oxygen atoms in total. The lowest BCUT2D eigenvalue weighted by Crippen LogP contribution is -2.77. The van der Waals surface area contributed by atoms with Gasteiger partial charge in [-0.05, 0) is 62.6 Å². The largest absolute Gasteiger partial charge is 0.504 e. The smallest absolute Gasteiger partial charge is 0.165 e. The monoisotopic (exact) mass is 357 g/mol. The van der Waals surface area contributed by atoms with Gasteiger partial charge in [0, 0.05) is 18.2 Å². The number of nitrogens with zero attached hydrogens (tertiary/aromatic N) is 1. The van der Waals surface area contributed by atoms with E-state index in [0.717, 1.165) is 37.4 Å². The van der Waals surface area contributed by atoms with Crippen LogP contribution in [0, 0.1) is 5.92 Å². The second-order valence-corrected chi connectivity index (χ2v) is 9.25. The van der Waals surface area contributed by atoms with Crippen LogP contribution in [0.25, 0.3) is 0 Å². The zero-order chi connectivity index (χ0) is 17.7. The van der Waals surface area contributed by atoms with E-state index in [9.17, 15) is 15.3 Å². The van der Waals surface area contributed by atoms with Crippen molar-refractivity contribution in [2.24, 2.45) is 5.92 Å². The van der Waals surface area contributed by atoms with Crippen molar-refractivity contribution in [2.45, 2.75) is 74.2 Å². The highest BCUT2D eigenvalue weighted by atomic mass is 16.5. The molecule has 5 atom stereocenters. The molecule has 3 fully saturated rings. The van der Waals surface area contributed by atoms with Crippen LogP contribution in [-0.2, 0) is 11.8 Å². The van der Waals surface area contributed by atoms with Gasteiger partial charge in [-0.2, -0.15) is 0 Å². The Hall–Kier alpha value is -1.30. The highest BCUT2D eigenvalue weighted by molar-refractivity contribution is 5.62. The van der Waals surface area contributed by atoms with Crippen LogP contribution in [0.3, 0.4) is 0 Å². The van der Waals surface area contributed by atoms with Crippen molar-refractivity contribution in [3.63, 3.8) is 0 Å². The fourth-order valence-electron chi connectivity index (χ4n) is 6.83. The number of likely N-dealkylation sites (tertiary alicyclic amines) is 1. The summed E-state index contributed by atoms with van der Waals surface area (Å²) in [6.07, 6.45) is 5.68. The van der Waals surface area contributed by atoms with Gasteiger partial charge in [0.1, 0.15) is 6.10 Å². The number of ether oxygens (including phenoxy) is 1. The van der Waals surface area contributed by atoms with E-state index < -0.39 is 23.2 Å². The van der Waals surface area contributed by atoms with Gasteiger partial charge in [0.2, 0.25) is 0 Å². The third kappa shape index (κ3) is 1.64. The summed E-state index contributed by atoms with van der Waals surface area (Å²) < 4.78 is 6.16. The van der Waals surface area contributed by atoms with Crippen molar-refractivity contribution in [3.8, 4) is 11.5 Å². The highest BCUT2D eigenvalue weighted by Gasteiger charge is 2.72. The number of phenolic OH excluding ortho intramolecular Hbond substituents is 1. The van der Waals surface area contributed by atoms with E-state index in [1.165, 1.54) is 24.8 Å². The first-order valence-corrected chi connectivity index (χ1v) is 10.2. The van der Waals surface area contributed by atoms with Crippen molar-refractivity contribution < 1.29 is 20.1 Å². The lowest BCUT2D eigenvalue weighted by Gasteiger charge is -2.64. The molecule has 3 aliphatic carbocycles. The summed E-state index contributed by atoms with van der Waals surface area (Å²) in [6.45, 7) is 2.02. The second kappa shape index (κ2) is 4.94. The van der Waals surface area contributed by atoms with Gasteiger partial charge in [0.05, 0.1) is 17.1 Å². The standard InChI is InChI=1S/C21H27NO4/c23-14-5-4-13-10-16-21(25)7-6-15(24)19-20(21,17(13)18(14)26-19)8-9-22(16)11-12-2-1-3-12/h4-5,12,15-16,19,23-25H,1-3,6-11H2/t15-,16-,19+,20-,21-/m0/s1. The summed E-state index contributed by atoms with van der Waals surface area (Å²) in [6, 6.07) is 3.80. The average molecular weight is 357 g/mol. The van der Waals surface area contributed by atoms with Gasteiger partial charge in [0.15, 0.2) is 11.5 Å². The van der Waals surface area contributed by atoms with E-state index in [4.69, 9.17) is 4.74 Å². The Morgan fingerprint density at radius 2 is 2.04 bits per heavy atom. The molecule has 2 aliphatic heterocycles. The fourth-order valence-corrected chi connectivity index (χ4v) is 6.83. The summed E-state index contributed by atoms with van der Waals surface area (Å²) in [5, 5.41) is 33.2. The predicted octanol–water partition coefficient (Wildman–Crippen LogP) is 1.71. The highest BCUT2D eigenvalue weighted by Crippen LogP contribution is 2.65. The molecule has 0 amide bonds. The van der Waals surface area contributed by atoms with E-state index in [0.29, 0.717) is 18.6 Å². The Bertz CT molecular complexity index is 778. The van der Waals surface area contributed by atoms with Crippen LogP contribution >= 0.6 is 0 Å². The SMILES string of the molecule is Oc1ccc2c3c1O[C@@H]1[C@@H](O)CC[C@]4(O)[C@H](C2)N(CC2CCC2)CC[C@]314. The number of piperidine rings is 1. The lowest BCUT2D eigenvalue weighted by molar-refractivity contribution is -0.209. The van der Waals surface area contributed by atoms with Crippen LogP contribution in [0.4, 0.5) is 0 Å². The zero-order valence-electron chi connectivity index (χ0n) is 15.0. The van der Waals surface area contributed by atoms with Gasteiger partial charge < -0.3 is 20.1 Å². The van der Waals surface area contributed by atoms with Gasteiger partial charge in [-0.1, -0.05) is 12.5 Å². The first-order valence-electron chi connectivity index (χ1n) is 10.2. The molecule has 2 bridgehead atoms. The maximum absolute atomic E-state index is 12.1. The Balaban J connectivity index is 1.52. The topological polar surface area (TPSA) is 73.2 Å². The van der Waals surface area contributed by atoms with Gasteiger partial charge in [-0.3, -0.25) is 4.90 Å². The molecule has 1 saturated heterocycles. The Kier molecular flexibility index (Phi) is 2.99. The third-order valence-corrected chi connectivity index (χ3v) is 8.26. The van der Waals surface area contributed by atoms with Crippen LogP contribution in [0.5, 0.6) is 11.5 Å². The zero-order valence-corrected chi connectivity index (χ0v) is 15.0. The predicted molar refractivity (Wildman–Crippen MR) is 95.4 cm³/mol. The van der Waals surface area contributed by atoms with Gasteiger partial charge >= 0.3 is 0 Å². The summed E-state index contributed by atoms with van der Waals surface area (Å²) in [5.41, 5.74) is 0.712. The third-order valence-electron chi connectivity index (χ3n) is 8.26. The van der Waals surface area contributed by atoms with Gasteiger partial charge in [-0.15, -0.1) is 0 Å². The van der Waals surface area contributed by atoms with Crippen LogP contribution in [0.2, 0.25) is 0 Å². The van der Waals surface area contributed by atoms with Crippen molar-refractivity contribution in [3.05, 3.63) is 23.3 Å². The summed E-state index contributed by atoms with van der Waals surface area (Å²) >= 11 is 0. The maximum Gasteiger partial charge on any atom is 0.165 e. The molecule has 1 aromatic carbocycles. The van der Waals surface area contributed by atoms with E-state index in [-0.39, 0.29) is 11.8 Å². The lowest BCUT2D eigenvalue weighted by atomic mass is 9.48. The van der Waals surface area contributed by atoms with Crippen molar-refractivity contribution >= 4 is 0 Å². The summed E-state index contributed by atoms with van der Waals surface area (Å²) in [4.78, 5) is 2.53. The molecule has 2 saturated carbocycles. The van der Waals surface area contributed by atoms with E-state index in [2.05, 4.69) is 4.90 Å². The molecule has 5 heteroatoms. The second-order valence-electron chi connectivity index (χ2n) is 9.25. The molecule has 6 rings (SSSR count). The molecule has 5 aliphatic rings. The normalized spacial score (nSPS) is 43.5. The minimum absolute atomic E-state index is 0.0819. The molecule has 2 heterocycles. The molecule has 1 aromatic rings. The van der Waals surface area contributed by atoms with Gasteiger partial charge in [0.25, 0.3) is 0 Å². The number of benzene rings is 1. The molecule has 26 heavy (non-hydrogen) atoms. The minimum atomic E-state index is -0.884. The quantitative estimate of drug-likeness (QED) is 0.751.